The lowest BCUT2D eigenvalue weighted by Crippen LogP contribution is -2.31. The van der Waals surface area contributed by atoms with Crippen LogP contribution in [0.5, 0.6) is 0 Å². The van der Waals surface area contributed by atoms with Gasteiger partial charge in [-0.25, -0.2) is 9.37 Å². The smallest absolute Gasteiger partial charge is 0.125 e. The fourth-order valence-corrected chi connectivity index (χ4v) is 2.63. The highest BCUT2D eigenvalue weighted by Gasteiger charge is 2.19. The molecule has 0 radical (unpaired) electrons. The molecule has 0 amide bonds. The first-order valence-electron chi connectivity index (χ1n) is 6.84. The van der Waals surface area contributed by atoms with Crippen LogP contribution in [0.1, 0.15) is 25.2 Å². The second kappa shape index (κ2) is 5.27. The average molecular weight is 262 g/mol. The van der Waals surface area contributed by atoms with Crippen molar-refractivity contribution in [2.45, 2.75) is 19.4 Å². The minimum Gasteiger partial charge on any atom is -0.341 e. The normalized spacial score (nSPS) is 19.5. The van der Waals surface area contributed by atoms with Gasteiger partial charge in [0.25, 0.3) is 0 Å². The lowest BCUT2D eigenvalue weighted by molar-refractivity contribution is 0.218. The van der Waals surface area contributed by atoms with Gasteiger partial charge >= 0.3 is 0 Å². The molecule has 3 rings (SSSR count). The van der Waals surface area contributed by atoms with Crippen LogP contribution in [0.2, 0.25) is 0 Å². The Labute approximate surface area is 112 Å². The number of hydrogen-bond donors (Lipinski definition) is 2. The van der Waals surface area contributed by atoms with Crippen molar-refractivity contribution in [3.63, 3.8) is 0 Å². The third-order valence-electron chi connectivity index (χ3n) is 3.78. The van der Waals surface area contributed by atoms with Gasteiger partial charge < -0.3 is 10.3 Å². The maximum Gasteiger partial charge on any atom is 0.125 e. The fourth-order valence-electron chi connectivity index (χ4n) is 2.63. The first kappa shape index (κ1) is 12.6. The van der Waals surface area contributed by atoms with E-state index < -0.39 is 0 Å². The maximum atomic E-state index is 13.2. The first-order chi connectivity index (χ1) is 9.24. The largest absolute Gasteiger partial charge is 0.341 e. The first-order valence-corrected chi connectivity index (χ1v) is 6.84. The number of benzene rings is 1. The maximum absolute atomic E-state index is 13.2. The Balaban J connectivity index is 1.85. The molecule has 2 heterocycles. The van der Waals surface area contributed by atoms with Crippen LogP contribution in [0.3, 0.4) is 0 Å². The van der Waals surface area contributed by atoms with Crippen molar-refractivity contribution in [2.75, 3.05) is 26.2 Å². The Morgan fingerprint density at radius 2 is 2.21 bits per heavy atom. The molecular weight excluding hydrogens is 243 g/mol. The van der Waals surface area contributed by atoms with Crippen LogP contribution in [-0.2, 0) is 0 Å². The number of nitrogens with zero attached hydrogens (tertiary/aromatic N) is 2. The van der Waals surface area contributed by atoms with Crippen LogP contribution in [0, 0.1) is 5.82 Å². The molecule has 1 aromatic carbocycles. The van der Waals surface area contributed by atoms with Crippen molar-refractivity contribution in [1.82, 2.24) is 20.2 Å². The van der Waals surface area contributed by atoms with Gasteiger partial charge in [-0.15, -0.1) is 0 Å². The monoisotopic (exact) mass is 262 g/mol. The number of nitrogens with one attached hydrogen (secondary N) is 2. The quantitative estimate of drug-likeness (QED) is 0.870. The highest BCUT2D eigenvalue weighted by Crippen LogP contribution is 2.21. The minimum atomic E-state index is -0.227. The van der Waals surface area contributed by atoms with Gasteiger partial charge in [0.1, 0.15) is 11.6 Å². The molecule has 102 valence electrons. The highest BCUT2D eigenvalue weighted by atomic mass is 19.1. The molecule has 0 aliphatic carbocycles. The van der Waals surface area contributed by atoms with E-state index >= 15 is 0 Å². The van der Waals surface area contributed by atoms with E-state index in [1.54, 1.807) is 6.07 Å². The third-order valence-corrected chi connectivity index (χ3v) is 3.78. The average Bonchev–Trinajstić information content (AvgIpc) is 2.64. The molecule has 4 nitrogen and oxygen atoms in total. The molecule has 1 aromatic heterocycles. The molecule has 0 bridgehead atoms. The van der Waals surface area contributed by atoms with Gasteiger partial charge in [0.15, 0.2) is 0 Å². The van der Waals surface area contributed by atoms with Crippen molar-refractivity contribution >= 4 is 11.0 Å². The number of imidazole rings is 1. The van der Waals surface area contributed by atoms with E-state index in [1.807, 2.05) is 0 Å². The standard InChI is InChI=1S/C14H19FN4/c1-10(19-7-2-5-16-6-8-19)14-17-12-4-3-11(15)9-13(12)18-14/h3-4,9-10,16H,2,5-8H2,1H3,(H,17,18). The Bertz CT molecular complexity index is 558. The summed E-state index contributed by atoms with van der Waals surface area (Å²) in [6.07, 6.45) is 1.15. The van der Waals surface area contributed by atoms with E-state index in [4.69, 9.17) is 0 Å². The Hall–Kier alpha value is -1.46. The second-order valence-electron chi connectivity index (χ2n) is 5.10. The summed E-state index contributed by atoms with van der Waals surface area (Å²) in [6, 6.07) is 4.91. The molecule has 1 fully saturated rings. The van der Waals surface area contributed by atoms with Crippen molar-refractivity contribution < 1.29 is 4.39 Å². The molecule has 2 aromatic rings. The molecule has 0 spiro atoms. The molecule has 1 atom stereocenters. The van der Waals surface area contributed by atoms with Gasteiger partial charge in [0.05, 0.1) is 17.1 Å². The van der Waals surface area contributed by atoms with E-state index in [0.717, 1.165) is 49.5 Å². The second-order valence-corrected chi connectivity index (χ2v) is 5.10. The summed E-state index contributed by atoms with van der Waals surface area (Å²) in [6.45, 7) is 6.33. The number of H-pyrrole nitrogens is 1. The molecule has 1 unspecified atom stereocenters. The Morgan fingerprint density at radius 1 is 1.32 bits per heavy atom. The number of hydrogen-bond acceptors (Lipinski definition) is 3. The van der Waals surface area contributed by atoms with Crippen LogP contribution in [0.15, 0.2) is 18.2 Å². The lowest BCUT2D eigenvalue weighted by Gasteiger charge is -2.25. The lowest BCUT2D eigenvalue weighted by atomic mass is 10.2. The van der Waals surface area contributed by atoms with Crippen molar-refractivity contribution in [1.29, 1.82) is 0 Å². The van der Waals surface area contributed by atoms with E-state index in [-0.39, 0.29) is 11.9 Å². The minimum absolute atomic E-state index is 0.227. The van der Waals surface area contributed by atoms with Gasteiger partial charge in [-0.1, -0.05) is 0 Å². The van der Waals surface area contributed by atoms with Crippen LogP contribution in [0.25, 0.3) is 11.0 Å². The fraction of sp³-hybridized carbons (Fsp3) is 0.500. The zero-order chi connectivity index (χ0) is 13.2. The Morgan fingerprint density at radius 3 is 3.11 bits per heavy atom. The van der Waals surface area contributed by atoms with Gasteiger partial charge in [0, 0.05) is 19.6 Å². The van der Waals surface area contributed by atoms with Crippen LogP contribution >= 0.6 is 0 Å². The number of halogens is 1. The summed E-state index contributed by atoms with van der Waals surface area (Å²) in [7, 11) is 0. The predicted octanol–water partition coefficient (Wildman–Crippen LogP) is 2.06. The summed E-state index contributed by atoms with van der Waals surface area (Å²) < 4.78 is 13.2. The van der Waals surface area contributed by atoms with Crippen molar-refractivity contribution in [3.05, 3.63) is 29.8 Å². The SMILES string of the molecule is CC(c1nc2ccc(F)cc2[nH]1)N1CCCNCC1. The molecule has 5 heteroatoms. The molecular formula is C14H19FN4. The van der Waals surface area contributed by atoms with Gasteiger partial charge in [-0.2, -0.15) is 0 Å². The number of fused-ring (bicyclic) bond motifs is 1. The van der Waals surface area contributed by atoms with Gasteiger partial charge in [-0.3, -0.25) is 4.90 Å². The predicted molar refractivity (Wildman–Crippen MR) is 73.5 cm³/mol. The van der Waals surface area contributed by atoms with E-state index in [1.165, 1.54) is 12.1 Å². The summed E-state index contributed by atoms with van der Waals surface area (Å²) in [4.78, 5) is 10.2. The molecule has 0 saturated carbocycles. The summed E-state index contributed by atoms with van der Waals surface area (Å²) >= 11 is 0. The van der Waals surface area contributed by atoms with E-state index in [0.29, 0.717) is 0 Å². The van der Waals surface area contributed by atoms with Crippen LogP contribution in [-0.4, -0.2) is 41.0 Å². The molecule has 1 aliphatic heterocycles. The van der Waals surface area contributed by atoms with Gasteiger partial charge in [-0.05, 0) is 38.1 Å². The zero-order valence-electron chi connectivity index (χ0n) is 11.1. The number of rotatable bonds is 2. The van der Waals surface area contributed by atoms with E-state index in [2.05, 4.69) is 27.1 Å². The van der Waals surface area contributed by atoms with Gasteiger partial charge in [0.2, 0.25) is 0 Å². The third kappa shape index (κ3) is 2.62. The summed E-state index contributed by atoms with van der Waals surface area (Å²) in [5.74, 6) is 0.692. The number of aromatic amines is 1. The summed E-state index contributed by atoms with van der Waals surface area (Å²) in [5.41, 5.74) is 1.60. The van der Waals surface area contributed by atoms with Crippen molar-refractivity contribution in [3.8, 4) is 0 Å². The topological polar surface area (TPSA) is 44.0 Å². The molecule has 19 heavy (non-hydrogen) atoms. The molecule has 1 saturated heterocycles. The molecule has 1 aliphatic rings. The highest BCUT2D eigenvalue weighted by molar-refractivity contribution is 5.75. The number of aromatic nitrogens is 2. The van der Waals surface area contributed by atoms with Crippen LogP contribution < -0.4 is 5.32 Å². The van der Waals surface area contributed by atoms with E-state index in [9.17, 15) is 4.39 Å². The molecule has 2 N–H and O–H groups in total. The van der Waals surface area contributed by atoms with Crippen molar-refractivity contribution in [2.24, 2.45) is 0 Å². The summed E-state index contributed by atoms with van der Waals surface area (Å²) in [5, 5.41) is 3.40. The Kier molecular flexibility index (Phi) is 3.48. The van der Waals surface area contributed by atoms with Crippen LogP contribution in [0.4, 0.5) is 4.39 Å². The zero-order valence-corrected chi connectivity index (χ0v) is 11.1.